The van der Waals surface area contributed by atoms with Gasteiger partial charge in [-0.3, -0.25) is 14.7 Å². The number of pyridine rings is 2. The Morgan fingerprint density at radius 3 is 1.97 bits per heavy atom. The molecular weight excluding hydrogens is 855 g/mol. The monoisotopic (exact) mass is 906 g/mol. The van der Waals surface area contributed by atoms with Crippen molar-refractivity contribution in [2.75, 3.05) is 36.8 Å². The highest BCUT2D eigenvalue weighted by Gasteiger charge is 2.52. The van der Waals surface area contributed by atoms with Crippen LogP contribution in [-0.2, 0) is 18.9 Å². The van der Waals surface area contributed by atoms with Gasteiger partial charge in [-0.1, -0.05) is 0 Å². The van der Waals surface area contributed by atoms with E-state index in [-0.39, 0.29) is 55.1 Å². The minimum absolute atomic E-state index is 0.0479. The average Bonchev–Trinajstić information content (AvgIpc) is 4.08. The lowest BCUT2D eigenvalue weighted by Gasteiger charge is -2.34. The minimum Gasteiger partial charge on any atom is -0.398 e. The highest BCUT2D eigenvalue weighted by atomic mass is 79.9. The summed E-state index contributed by atoms with van der Waals surface area (Å²) in [6, 6.07) is 9.84. The summed E-state index contributed by atoms with van der Waals surface area (Å²) in [5.74, 6) is -0.224. The van der Waals surface area contributed by atoms with Crippen LogP contribution in [0.25, 0.3) is 27.8 Å². The summed E-state index contributed by atoms with van der Waals surface area (Å²) in [7, 11) is -0.331. The molecule has 0 spiro atoms. The number of nitrogens with zero attached hydrogens (tertiary/aromatic N) is 7. The molecule has 18 nitrogen and oxygen atoms in total. The zero-order valence-electron chi connectivity index (χ0n) is 35.3. The van der Waals surface area contributed by atoms with Crippen LogP contribution in [0.2, 0.25) is 0 Å². The Bertz CT molecular complexity index is 2450. The molecule has 2 amide bonds. The second kappa shape index (κ2) is 20.1. The Labute approximate surface area is 368 Å². The van der Waals surface area contributed by atoms with Gasteiger partial charge in [-0.05, 0) is 93.6 Å². The summed E-state index contributed by atoms with van der Waals surface area (Å²) in [6.07, 6.45) is 15.1. The normalized spacial score (nSPS) is 19.3. The predicted octanol–water partition coefficient (Wildman–Crippen LogP) is 5.18. The van der Waals surface area contributed by atoms with Crippen LogP contribution in [0.15, 0.2) is 59.7 Å². The molecule has 0 radical (unpaired) electrons. The zero-order valence-corrected chi connectivity index (χ0v) is 36.9. The van der Waals surface area contributed by atoms with Crippen LogP contribution in [0, 0.1) is 28.1 Å². The van der Waals surface area contributed by atoms with Crippen LogP contribution in [0.4, 0.5) is 11.4 Å². The molecule has 8 heterocycles. The van der Waals surface area contributed by atoms with Gasteiger partial charge in [0.1, 0.15) is 24.1 Å². The standard InChI is InChI=1S/C18H21N7O.C15H16BrN5O.C9H15BN2O2/c19-6-3-15(21)14-10-23-18-13(5-8-22-18)17(14)24-12-2-1-9-25(11-12)16(26)4-7-20;16-12-8-19-15-11(4-6-18-15)14(12)20-10-2-1-7-21(9-10)13(22)3-5-17;1-8(2)9(3,4)14-10(13-8)7-5-6-11-12-7/h3,5-6,8,10,12,19H,1-2,4,9,11,21H2,(H2,22,23,24);4,6,8,10H,1-3,7,9H2,(H2,18,19,20);5-6H,1-4H3,(H,11,12)/b15-3-,19-6?;;/t12-;10-;/m11./s1. The van der Waals surface area contributed by atoms with E-state index in [4.69, 9.17) is 31.0 Å². The number of aromatic amines is 3. The fourth-order valence-electron chi connectivity index (χ4n) is 7.47. The van der Waals surface area contributed by atoms with E-state index < -0.39 is 0 Å². The number of rotatable bonds is 9. The highest BCUT2D eigenvalue weighted by Crippen LogP contribution is 2.36. The van der Waals surface area contributed by atoms with Gasteiger partial charge in [0.2, 0.25) is 11.8 Å². The van der Waals surface area contributed by atoms with Gasteiger partial charge in [0.25, 0.3) is 0 Å². The topological polar surface area (TPSA) is 267 Å². The lowest BCUT2D eigenvalue weighted by Crippen LogP contribution is -2.45. The number of hydrogen-bond acceptors (Lipinski definition) is 13. The number of anilines is 2. The quantitative estimate of drug-likeness (QED) is 0.0745. The van der Waals surface area contributed by atoms with Crippen molar-refractivity contribution in [1.82, 2.24) is 39.9 Å². The van der Waals surface area contributed by atoms with Gasteiger partial charge in [-0.2, -0.15) is 15.6 Å². The molecule has 5 aromatic heterocycles. The molecule has 324 valence electrons. The Kier molecular flexibility index (Phi) is 14.7. The number of carbonyl (C=O) groups excluding carboxylic acids is 2. The summed E-state index contributed by atoms with van der Waals surface area (Å²) in [5, 5.41) is 40.4. The Morgan fingerprint density at radius 2 is 1.45 bits per heavy atom. The maximum atomic E-state index is 12.0. The van der Waals surface area contributed by atoms with Crippen molar-refractivity contribution in [2.45, 2.75) is 89.5 Å². The second-order valence-electron chi connectivity index (χ2n) is 16.2. The average molecular weight is 908 g/mol. The van der Waals surface area contributed by atoms with Crippen LogP contribution in [0.3, 0.4) is 0 Å². The fraction of sp³-hybridized carbons (Fsp3) is 0.429. The summed E-state index contributed by atoms with van der Waals surface area (Å²) in [4.78, 5) is 42.3. The zero-order chi connectivity index (χ0) is 44.4. The van der Waals surface area contributed by atoms with Crippen molar-refractivity contribution in [1.29, 1.82) is 15.9 Å². The van der Waals surface area contributed by atoms with E-state index in [0.717, 1.165) is 87.5 Å². The minimum atomic E-state index is -0.331. The molecule has 8 rings (SSSR count). The third-order valence-electron chi connectivity index (χ3n) is 11.4. The molecule has 5 aromatic rings. The molecule has 20 heteroatoms. The first-order valence-electron chi connectivity index (χ1n) is 20.5. The number of nitrogens with one attached hydrogen (secondary N) is 6. The van der Waals surface area contributed by atoms with Crippen LogP contribution in [0.1, 0.15) is 71.8 Å². The Morgan fingerprint density at radius 1 is 0.919 bits per heavy atom. The molecule has 3 aliphatic rings. The maximum Gasteiger partial charge on any atom is 0.513 e. The van der Waals surface area contributed by atoms with E-state index in [0.29, 0.717) is 25.3 Å². The number of nitrogens with two attached hydrogens (primary N) is 1. The van der Waals surface area contributed by atoms with Gasteiger partial charge in [-0.25, -0.2) is 9.97 Å². The number of H-pyrrole nitrogens is 3. The third-order valence-corrected chi connectivity index (χ3v) is 12.0. The number of hydrogen-bond donors (Lipinski definition) is 7. The lowest BCUT2D eigenvalue weighted by molar-refractivity contribution is -0.131. The number of halogens is 1. The first-order valence-corrected chi connectivity index (χ1v) is 21.3. The molecule has 0 unspecified atom stereocenters. The first-order chi connectivity index (χ1) is 29.7. The van der Waals surface area contributed by atoms with Crippen molar-refractivity contribution >= 4 is 85.8 Å². The molecule has 62 heavy (non-hydrogen) atoms. The number of nitriles is 2. The number of amides is 2. The molecule has 3 aliphatic heterocycles. The molecule has 2 atom stereocenters. The van der Waals surface area contributed by atoms with E-state index in [1.54, 1.807) is 28.4 Å². The lowest BCUT2D eigenvalue weighted by atomic mass is 9.85. The van der Waals surface area contributed by atoms with E-state index in [1.807, 2.05) is 70.4 Å². The third kappa shape index (κ3) is 10.6. The van der Waals surface area contributed by atoms with Gasteiger partial charge in [-0.15, -0.1) is 0 Å². The molecule has 8 N–H and O–H groups in total. The van der Waals surface area contributed by atoms with E-state index in [2.05, 4.69) is 56.7 Å². The second-order valence-corrected chi connectivity index (χ2v) is 17.1. The van der Waals surface area contributed by atoms with Crippen molar-refractivity contribution < 1.29 is 18.9 Å². The summed E-state index contributed by atoms with van der Waals surface area (Å²) >= 11 is 3.54. The molecule has 0 saturated carbocycles. The number of piperidine rings is 2. The van der Waals surface area contributed by atoms with Crippen molar-refractivity contribution in [3.8, 4) is 12.1 Å². The van der Waals surface area contributed by atoms with Crippen molar-refractivity contribution in [3.63, 3.8) is 0 Å². The van der Waals surface area contributed by atoms with Crippen LogP contribution in [0.5, 0.6) is 0 Å². The van der Waals surface area contributed by atoms with Gasteiger partial charge >= 0.3 is 7.12 Å². The van der Waals surface area contributed by atoms with Gasteiger partial charge in [0.05, 0.1) is 44.8 Å². The van der Waals surface area contributed by atoms with Gasteiger partial charge in [0.15, 0.2) is 0 Å². The SMILES string of the molecule is CC1(C)OB(c2ccn[nH]2)OC1(C)C.N#CCC(=O)N1CCC[C@@H](Nc2c(/C(N)=C/C=N)cnc3[nH]ccc23)C1.N#CCC(=O)N1CCC[C@@H](Nc2c(Br)cnc3[nH]ccc23)C1. The number of aromatic nitrogens is 6. The summed E-state index contributed by atoms with van der Waals surface area (Å²) in [6.45, 7) is 10.7. The molecule has 0 aliphatic carbocycles. The number of carbonyl (C=O) groups is 2. The molecule has 3 fully saturated rings. The smallest absolute Gasteiger partial charge is 0.398 e. The molecule has 0 bridgehead atoms. The Balaban J connectivity index is 0.000000162. The number of allylic oxidation sites excluding steroid dienone is 1. The fourth-order valence-corrected chi connectivity index (χ4v) is 7.90. The molecule has 0 aromatic carbocycles. The van der Waals surface area contributed by atoms with Gasteiger partial charge < -0.3 is 50.9 Å². The van der Waals surface area contributed by atoms with Crippen LogP contribution >= 0.6 is 15.9 Å². The largest absolute Gasteiger partial charge is 0.513 e. The highest BCUT2D eigenvalue weighted by molar-refractivity contribution is 9.10. The van der Waals surface area contributed by atoms with Gasteiger partial charge in [0, 0.05) is 97.5 Å². The van der Waals surface area contributed by atoms with Crippen molar-refractivity contribution in [3.05, 3.63) is 65.3 Å². The number of fused-ring (bicyclic) bond motifs is 2. The van der Waals surface area contributed by atoms with Crippen LogP contribution < -0.4 is 22.0 Å². The van der Waals surface area contributed by atoms with Crippen molar-refractivity contribution in [2.24, 2.45) is 5.73 Å². The molecule has 3 saturated heterocycles. The predicted molar refractivity (Wildman–Crippen MR) is 242 cm³/mol. The maximum absolute atomic E-state index is 12.0. The summed E-state index contributed by atoms with van der Waals surface area (Å²) < 4.78 is 12.5. The number of likely N-dealkylation sites (tertiary alicyclic amines) is 2. The summed E-state index contributed by atoms with van der Waals surface area (Å²) in [5.41, 5.74) is 11.0. The van der Waals surface area contributed by atoms with E-state index in [1.165, 1.54) is 6.08 Å². The van der Waals surface area contributed by atoms with E-state index >= 15 is 0 Å². The molecular formula is C42H52BBrN14O4. The Hall–Kier alpha value is -6.22. The first kappa shape index (κ1) is 45.3. The van der Waals surface area contributed by atoms with E-state index in [9.17, 15) is 9.59 Å². The van der Waals surface area contributed by atoms with Crippen LogP contribution in [-0.4, -0.2) is 115 Å².